The van der Waals surface area contributed by atoms with Gasteiger partial charge in [0, 0.05) is 24.7 Å². The van der Waals surface area contributed by atoms with E-state index in [2.05, 4.69) is 25.6 Å². The maximum Gasteiger partial charge on any atom is 0.224 e. The Bertz CT molecular complexity index is 1200. The third-order valence-corrected chi connectivity index (χ3v) is 5.77. The van der Waals surface area contributed by atoms with E-state index in [1.165, 1.54) is 10.8 Å². The summed E-state index contributed by atoms with van der Waals surface area (Å²) in [5.41, 5.74) is 0.0551. The molecule has 2 fully saturated rings. The van der Waals surface area contributed by atoms with Crippen molar-refractivity contribution < 1.29 is 25.8 Å². The third kappa shape index (κ3) is 4.09. The average molecular weight is 450 g/mol. The lowest BCUT2D eigenvalue weighted by atomic mass is 9.93. The lowest BCUT2D eigenvalue weighted by Crippen LogP contribution is -2.29. The van der Waals surface area contributed by atoms with Gasteiger partial charge in [0.2, 0.25) is 11.9 Å². The maximum atomic E-state index is 14.3. The smallest absolute Gasteiger partial charge is 0.224 e. The van der Waals surface area contributed by atoms with Crippen molar-refractivity contribution in [3.8, 4) is 0 Å². The van der Waals surface area contributed by atoms with Crippen LogP contribution in [0.3, 0.4) is 0 Å². The average Bonchev–Trinajstić information content (AvgIpc) is 3.30. The van der Waals surface area contributed by atoms with Gasteiger partial charge in [-0.2, -0.15) is 4.98 Å². The zero-order valence-electron chi connectivity index (χ0n) is 19.0. The number of aliphatic hydroxyl groups is 1. The van der Waals surface area contributed by atoms with Gasteiger partial charge in [0.1, 0.15) is 17.0 Å². The Hall–Kier alpha value is -2.92. The van der Waals surface area contributed by atoms with E-state index >= 15 is 0 Å². The van der Waals surface area contributed by atoms with Gasteiger partial charge in [-0.3, -0.25) is 4.57 Å². The molecule has 1 atom stereocenters. The van der Waals surface area contributed by atoms with Gasteiger partial charge in [-0.15, -0.1) is 0 Å². The number of imidazole rings is 1. The highest BCUT2D eigenvalue weighted by atomic mass is 19.1. The van der Waals surface area contributed by atoms with Crippen molar-refractivity contribution in [3.05, 3.63) is 35.8 Å². The van der Waals surface area contributed by atoms with Crippen molar-refractivity contribution in [1.29, 1.82) is 0 Å². The molecule has 3 aromatic rings. The molecule has 2 aromatic heterocycles. The second kappa shape index (κ2) is 8.55. The third-order valence-electron chi connectivity index (χ3n) is 5.77. The van der Waals surface area contributed by atoms with E-state index in [1.54, 1.807) is 0 Å². The fraction of sp³-hybridized carbons (Fsp3) is 0.476. The van der Waals surface area contributed by atoms with Crippen LogP contribution in [0.4, 0.5) is 30.8 Å². The predicted molar refractivity (Wildman–Crippen MR) is 111 cm³/mol. The molecule has 2 aliphatic rings. The summed E-state index contributed by atoms with van der Waals surface area (Å²) in [5, 5.41) is 15.5. The van der Waals surface area contributed by atoms with Crippen LogP contribution < -0.4 is 10.6 Å². The Kier molecular flexibility index (Phi) is 4.98. The van der Waals surface area contributed by atoms with Gasteiger partial charge in [-0.05, 0) is 32.1 Å². The van der Waals surface area contributed by atoms with Gasteiger partial charge < -0.3 is 20.5 Å². The molecule has 0 amide bonds. The number of fused-ring (bicyclic) bond motifs is 1. The second-order valence-electron chi connectivity index (χ2n) is 8.04. The van der Waals surface area contributed by atoms with Crippen LogP contribution in [0.2, 0.25) is 0 Å². The van der Waals surface area contributed by atoms with Crippen LogP contribution >= 0.6 is 0 Å². The summed E-state index contributed by atoms with van der Waals surface area (Å²) < 4.78 is 64.6. The number of benzene rings is 1. The number of ether oxygens (including phenoxy) is 1. The molecule has 1 saturated carbocycles. The largest absolute Gasteiger partial charge is 0.393 e. The number of nitrogens with zero attached hydrogens (tertiary/aromatic N) is 4. The SMILES string of the molecule is [2H]C1([2H])C[C@H](n2c(Nc3c(F)cc(F)cc3F)nc3cnc(N[C@H]4CC[C@H](O)CC4)nc32)CO1. The fourth-order valence-electron chi connectivity index (χ4n) is 4.11. The number of halogens is 3. The first kappa shape index (κ1) is 18.6. The predicted octanol–water partition coefficient (Wildman–Crippen LogP) is 3.66. The molecule has 1 aromatic carbocycles. The topological polar surface area (TPSA) is 97.1 Å². The van der Waals surface area contributed by atoms with Crippen LogP contribution in [-0.2, 0) is 4.74 Å². The highest BCUT2D eigenvalue weighted by Crippen LogP contribution is 2.32. The molecular formula is C21H23F3N6O2. The van der Waals surface area contributed by atoms with Crippen molar-refractivity contribution >= 4 is 28.7 Å². The van der Waals surface area contributed by atoms with Crippen molar-refractivity contribution in [2.45, 2.75) is 50.3 Å². The van der Waals surface area contributed by atoms with Gasteiger partial charge in [-0.1, -0.05) is 0 Å². The summed E-state index contributed by atoms with van der Waals surface area (Å²) in [6, 6.07) is 0.625. The van der Waals surface area contributed by atoms with Crippen molar-refractivity contribution in [3.63, 3.8) is 0 Å². The first-order valence-electron chi connectivity index (χ1n) is 11.4. The van der Waals surface area contributed by atoms with Crippen molar-refractivity contribution in [2.75, 3.05) is 23.8 Å². The second-order valence-corrected chi connectivity index (χ2v) is 8.04. The Morgan fingerprint density at radius 1 is 1.09 bits per heavy atom. The van der Waals surface area contributed by atoms with Crippen LogP contribution in [0.15, 0.2) is 18.3 Å². The van der Waals surface area contributed by atoms with E-state index < -0.39 is 35.7 Å². The molecule has 3 N–H and O–H groups in total. The summed E-state index contributed by atoms with van der Waals surface area (Å²) in [5.74, 6) is -3.01. The number of hydrogen-bond acceptors (Lipinski definition) is 7. The zero-order valence-corrected chi connectivity index (χ0v) is 17.0. The number of anilines is 3. The van der Waals surface area contributed by atoms with E-state index in [4.69, 9.17) is 7.48 Å². The summed E-state index contributed by atoms with van der Waals surface area (Å²) >= 11 is 0. The summed E-state index contributed by atoms with van der Waals surface area (Å²) in [6.07, 6.45) is 4.00. The molecule has 8 nitrogen and oxygen atoms in total. The van der Waals surface area contributed by atoms with Crippen LogP contribution in [0.5, 0.6) is 0 Å². The van der Waals surface area contributed by atoms with Gasteiger partial charge in [0.15, 0.2) is 17.3 Å². The van der Waals surface area contributed by atoms with Gasteiger partial charge >= 0.3 is 0 Å². The van der Waals surface area contributed by atoms with Gasteiger partial charge in [0.05, 0.1) is 27.7 Å². The van der Waals surface area contributed by atoms with E-state index in [9.17, 15) is 18.3 Å². The minimum atomic E-state index is -1.89. The van der Waals surface area contributed by atoms with Crippen molar-refractivity contribution in [1.82, 2.24) is 19.5 Å². The first-order valence-corrected chi connectivity index (χ1v) is 10.4. The molecule has 1 saturated heterocycles. The number of aliphatic hydroxyl groups excluding tert-OH is 1. The van der Waals surface area contributed by atoms with E-state index in [1.807, 2.05) is 0 Å². The first-order chi connectivity index (χ1) is 16.2. The number of hydrogen-bond donors (Lipinski definition) is 3. The van der Waals surface area contributed by atoms with Crippen LogP contribution in [0, 0.1) is 17.5 Å². The zero-order chi connectivity index (χ0) is 24.0. The lowest BCUT2D eigenvalue weighted by Gasteiger charge is -2.26. The quantitative estimate of drug-likeness (QED) is 0.546. The van der Waals surface area contributed by atoms with E-state index in [-0.39, 0.29) is 31.1 Å². The van der Waals surface area contributed by atoms with Crippen LogP contribution in [0.1, 0.15) is 40.9 Å². The molecule has 1 aliphatic heterocycles. The fourth-order valence-corrected chi connectivity index (χ4v) is 4.11. The Morgan fingerprint density at radius 3 is 2.53 bits per heavy atom. The van der Waals surface area contributed by atoms with Crippen LogP contribution in [-0.4, -0.2) is 49.9 Å². The van der Waals surface area contributed by atoms with Crippen LogP contribution in [0.25, 0.3) is 11.2 Å². The molecule has 32 heavy (non-hydrogen) atoms. The molecule has 0 unspecified atom stereocenters. The highest BCUT2D eigenvalue weighted by molar-refractivity contribution is 5.76. The Labute approximate surface area is 184 Å². The molecular weight excluding hydrogens is 425 g/mol. The maximum absolute atomic E-state index is 14.3. The molecule has 3 heterocycles. The molecule has 5 rings (SSSR count). The number of rotatable bonds is 5. The van der Waals surface area contributed by atoms with E-state index in [0.717, 1.165) is 12.8 Å². The van der Waals surface area contributed by atoms with Crippen molar-refractivity contribution in [2.24, 2.45) is 0 Å². The molecule has 0 bridgehead atoms. The Balaban J connectivity index is 1.53. The number of nitrogens with one attached hydrogen (secondary N) is 2. The summed E-state index contributed by atoms with van der Waals surface area (Å²) in [4.78, 5) is 13.2. The molecule has 1 aliphatic carbocycles. The summed E-state index contributed by atoms with van der Waals surface area (Å²) in [7, 11) is 0. The highest BCUT2D eigenvalue weighted by Gasteiger charge is 2.27. The minimum absolute atomic E-state index is 0.00190. The minimum Gasteiger partial charge on any atom is -0.393 e. The molecule has 0 spiro atoms. The standard InChI is InChI=1S/C21H23F3N6O2/c22-11-7-15(23)18(16(24)8-11)28-21-27-17-9-25-20(26-12-1-3-14(31)4-2-12)29-19(17)30(21)13-5-6-32-10-13/h7-9,12-14,31H,1-6,10H2,(H,27,28)(H,25,26,29)/t12-,13-,14-/m0/s1/i6D2. The monoisotopic (exact) mass is 450 g/mol. The Morgan fingerprint density at radius 2 is 1.84 bits per heavy atom. The molecule has 11 heteroatoms. The lowest BCUT2D eigenvalue weighted by molar-refractivity contribution is 0.126. The molecule has 0 radical (unpaired) electrons. The van der Waals surface area contributed by atoms with E-state index in [0.29, 0.717) is 42.1 Å². The van der Waals surface area contributed by atoms with Gasteiger partial charge in [-0.25, -0.2) is 23.1 Å². The normalized spacial score (nSPS) is 26.1. The molecule has 170 valence electrons. The van der Waals surface area contributed by atoms with Gasteiger partial charge in [0.25, 0.3) is 0 Å². The summed E-state index contributed by atoms with van der Waals surface area (Å²) in [6.45, 7) is -1.89. The number of aromatic nitrogens is 4.